The molecule has 1 saturated heterocycles. The Morgan fingerprint density at radius 2 is 2.25 bits per heavy atom. The van der Waals surface area contributed by atoms with Gasteiger partial charge in [0.05, 0.1) is 19.8 Å². The summed E-state index contributed by atoms with van der Waals surface area (Å²) in [5.74, 6) is 0.719. The highest BCUT2D eigenvalue weighted by Crippen LogP contribution is 2.03. The van der Waals surface area contributed by atoms with Crippen molar-refractivity contribution in [2.75, 3.05) is 32.9 Å². The lowest BCUT2D eigenvalue weighted by Crippen LogP contribution is -2.38. The quantitative estimate of drug-likeness (QED) is 0.598. The smallest absolute Gasteiger partial charge is 0.104 e. The van der Waals surface area contributed by atoms with Gasteiger partial charge in [0.2, 0.25) is 0 Å². The van der Waals surface area contributed by atoms with Gasteiger partial charge in [-0.25, -0.2) is 0 Å². The van der Waals surface area contributed by atoms with Gasteiger partial charge in [-0.05, 0) is 12.5 Å². The molecular weight excluding hydrogens is 154 g/mol. The van der Waals surface area contributed by atoms with Crippen molar-refractivity contribution in [3.63, 3.8) is 0 Å². The molecule has 0 bridgehead atoms. The molecule has 72 valence electrons. The maximum absolute atomic E-state index is 5.47. The maximum Gasteiger partial charge on any atom is 0.104 e. The topological polar surface area (TPSA) is 30.5 Å². The van der Waals surface area contributed by atoms with Crippen LogP contribution in [0.1, 0.15) is 13.8 Å². The molecule has 1 rings (SSSR count). The highest BCUT2D eigenvalue weighted by atomic mass is 16.6. The van der Waals surface area contributed by atoms with Crippen LogP contribution in [0.4, 0.5) is 0 Å². The van der Waals surface area contributed by atoms with Crippen molar-refractivity contribution < 1.29 is 9.47 Å². The van der Waals surface area contributed by atoms with E-state index in [4.69, 9.17) is 9.47 Å². The summed E-state index contributed by atoms with van der Waals surface area (Å²) in [5, 5.41) is 3.32. The first kappa shape index (κ1) is 9.96. The highest BCUT2D eigenvalue weighted by Gasteiger charge is 2.17. The van der Waals surface area contributed by atoms with Crippen molar-refractivity contribution in [2.45, 2.75) is 20.0 Å². The molecule has 1 heterocycles. The van der Waals surface area contributed by atoms with Gasteiger partial charge in [0.1, 0.15) is 6.10 Å². The van der Waals surface area contributed by atoms with E-state index in [1.807, 2.05) is 0 Å². The summed E-state index contributed by atoms with van der Waals surface area (Å²) in [4.78, 5) is 0. The largest absolute Gasteiger partial charge is 0.376 e. The Morgan fingerprint density at radius 3 is 2.75 bits per heavy atom. The summed E-state index contributed by atoms with van der Waals surface area (Å²) in [6.45, 7) is 8.80. The van der Waals surface area contributed by atoms with Crippen LogP contribution in [-0.4, -0.2) is 39.0 Å². The molecule has 3 heteroatoms. The first-order valence-corrected chi connectivity index (χ1v) is 4.69. The van der Waals surface area contributed by atoms with Gasteiger partial charge in [0, 0.05) is 6.54 Å². The minimum atomic E-state index is 0.367. The molecule has 0 saturated carbocycles. The number of hydrogen-bond acceptors (Lipinski definition) is 3. The van der Waals surface area contributed by atoms with Crippen LogP contribution in [0.25, 0.3) is 0 Å². The first-order valence-electron chi connectivity index (χ1n) is 4.69. The molecule has 0 spiro atoms. The molecule has 0 aliphatic carbocycles. The normalized spacial score (nSPS) is 18.2. The van der Waals surface area contributed by atoms with Crippen LogP contribution in [0.2, 0.25) is 0 Å². The van der Waals surface area contributed by atoms with E-state index < -0.39 is 0 Å². The Kier molecular flexibility index (Phi) is 4.58. The van der Waals surface area contributed by atoms with Gasteiger partial charge in [0.25, 0.3) is 0 Å². The number of nitrogens with one attached hydrogen (secondary N) is 1. The van der Waals surface area contributed by atoms with E-state index in [2.05, 4.69) is 19.2 Å². The van der Waals surface area contributed by atoms with E-state index in [9.17, 15) is 0 Å². The second-order valence-corrected chi connectivity index (χ2v) is 3.63. The summed E-state index contributed by atoms with van der Waals surface area (Å²) in [6, 6.07) is 0. The van der Waals surface area contributed by atoms with E-state index in [-0.39, 0.29) is 0 Å². The first-order chi connectivity index (χ1) is 5.79. The molecule has 1 aliphatic rings. The van der Waals surface area contributed by atoms with Crippen LogP contribution in [0, 0.1) is 5.92 Å². The van der Waals surface area contributed by atoms with E-state index in [0.29, 0.717) is 6.10 Å². The third kappa shape index (κ3) is 4.04. The van der Waals surface area contributed by atoms with Crippen molar-refractivity contribution in [3.8, 4) is 0 Å². The van der Waals surface area contributed by atoms with Gasteiger partial charge >= 0.3 is 0 Å². The highest BCUT2D eigenvalue weighted by molar-refractivity contribution is 4.64. The summed E-state index contributed by atoms with van der Waals surface area (Å²) >= 11 is 0. The molecule has 3 nitrogen and oxygen atoms in total. The second-order valence-electron chi connectivity index (χ2n) is 3.63. The molecule has 1 fully saturated rings. The fraction of sp³-hybridized carbons (Fsp3) is 1.00. The van der Waals surface area contributed by atoms with Crippen LogP contribution >= 0.6 is 0 Å². The molecule has 0 aromatic heterocycles. The maximum atomic E-state index is 5.47. The lowest BCUT2D eigenvalue weighted by molar-refractivity contribution is -0.128. The standard InChI is InChI=1S/C9H19NO2/c1-8(2)5-10-3-4-12-9-6-11-7-9/h8-10H,3-7H2,1-2H3. The Hall–Kier alpha value is -0.120. The van der Waals surface area contributed by atoms with Gasteiger partial charge < -0.3 is 14.8 Å². The van der Waals surface area contributed by atoms with E-state index in [0.717, 1.165) is 38.8 Å². The molecule has 0 unspecified atom stereocenters. The summed E-state index contributed by atoms with van der Waals surface area (Å²) in [5.41, 5.74) is 0. The van der Waals surface area contributed by atoms with Crippen molar-refractivity contribution in [2.24, 2.45) is 5.92 Å². The molecule has 12 heavy (non-hydrogen) atoms. The third-order valence-corrected chi connectivity index (χ3v) is 1.79. The Balaban J connectivity index is 1.76. The predicted molar refractivity (Wildman–Crippen MR) is 48.3 cm³/mol. The van der Waals surface area contributed by atoms with Crippen molar-refractivity contribution >= 4 is 0 Å². The predicted octanol–water partition coefficient (Wildman–Crippen LogP) is 0.647. The van der Waals surface area contributed by atoms with Gasteiger partial charge in [-0.2, -0.15) is 0 Å². The van der Waals surface area contributed by atoms with Crippen molar-refractivity contribution in [1.29, 1.82) is 0 Å². The van der Waals surface area contributed by atoms with Gasteiger partial charge in [-0.1, -0.05) is 13.8 Å². The Labute approximate surface area is 74.4 Å². The Morgan fingerprint density at radius 1 is 1.50 bits per heavy atom. The molecule has 0 atom stereocenters. The Bertz CT molecular complexity index is 113. The van der Waals surface area contributed by atoms with Gasteiger partial charge in [0.15, 0.2) is 0 Å². The van der Waals surface area contributed by atoms with Crippen LogP contribution < -0.4 is 5.32 Å². The molecule has 0 amide bonds. The second kappa shape index (κ2) is 5.51. The average molecular weight is 173 g/mol. The average Bonchev–Trinajstić information content (AvgIpc) is 1.92. The van der Waals surface area contributed by atoms with E-state index >= 15 is 0 Å². The SMILES string of the molecule is CC(C)CNCCOC1COC1. The number of rotatable bonds is 6. The van der Waals surface area contributed by atoms with Crippen LogP contribution in [-0.2, 0) is 9.47 Å². The van der Waals surface area contributed by atoms with Crippen molar-refractivity contribution in [1.82, 2.24) is 5.32 Å². The minimum Gasteiger partial charge on any atom is -0.376 e. The minimum absolute atomic E-state index is 0.367. The van der Waals surface area contributed by atoms with Gasteiger partial charge in [-0.15, -0.1) is 0 Å². The molecule has 1 N–H and O–H groups in total. The number of hydrogen-bond donors (Lipinski definition) is 1. The van der Waals surface area contributed by atoms with Crippen LogP contribution in [0.3, 0.4) is 0 Å². The van der Waals surface area contributed by atoms with E-state index in [1.54, 1.807) is 0 Å². The lowest BCUT2D eigenvalue weighted by atomic mass is 10.2. The molecular formula is C9H19NO2. The van der Waals surface area contributed by atoms with Crippen LogP contribution in [0.5, 0.6) is 0 Å². The summed E-state index contributed by atoms with van der Waals surface area (Å²) < 4.78 is 10.5. The molecule has 0 aromatic rings. The number of ether oxygens (including phenoxy) is 2. The van der Waals surface area contributed by atoms with Crippen LogP contribution in [0.15, 0.2) is 0 Å². The monoisotopic (exact) mass is 173 g/mol. The fourth-order valence-corrected chi connectivity index (χ4v) is 0.999. The zero-order valence-corrected chi connectivity index (χ0v) is 8.01. The van der Waals surface area contributed by atoms with Gasteiger partial charge in [-0.3, -0.25) is 0 Å². The molecule has 1 aliphatic heterocycles. The van der Waals surface area contributed by atoms with E-state index in [1.165, 1.54) is 0 Å². The zero-order chi connectivity index (χ0) is 8.81. The summed E-state index contributed by atoms with van der Waals surface area (Å²) in [7, 11) is 0. The molecule has 0 aromatic carbocycles. The molecule has 0 radical (unpaired) electrons. The summed E-state index contributed by atoms with van der Waals surface area (Å²) in [6.07, 6.45) is 0.367. The third-order valence-electron chi connectivity index (χ3n) is 1.79. The zero-order valence-electron chi connectivity index (χ0n) is 8.01. The van der Waals surface area contributed by atoms with Crippen molar-refractivity contribution in [3.05, 3.63) is 0 Å². The fourth-order valence-electron chi connectivity index (χ4n) is 0.999. The lowest BCUT2D eigenvalue weighted by Gasteiger charge is -2.26.